The van der Waals surface area contributed by atoms with Crippen molar-refractivity contribution in [1.82, 2.24) is 5.54 Å². The lowest BCUT2D eigenvalue weighted by atomic mass is 10.2. The molecule has 17 heavy (non-hydrogen) atoms. The number of ether oxygens (including phenoxy) is 1. The summed E-state index contributed by atoms with van der Waals surface area (Å²) in [7, 11) is 0. The van der Waals surface area contributed by atoms with Gasteiger partial charge in [0.25, 0.3) is 0 Å². The fourth-order valence-corrected chi connectivity index (χ4v) is 1.52. The minimum Gasteiger partial charge on any atom is -0.489 e. The summed E-state index contributed by atoms with van der Waals surface area (Å²) in [6, 6.07) is 17.3. The Labute approximate surface area is 100.0 Å². The summed E-state index contributed by atoms with van der Waals surface area (Å²) in [5.41, 5.74) is 3.64. The first-order valence-corrected chi connectivity index (χ1v) is 5.47. The number of rotatable bonds is 5. The van der Waals surface area contributed by atoms with Crippen LogP contribution >= 0.6 is 0 Å². The highest BCUT2D eigenvalue weighted by molar-refractivity contribution is 5.27. The van der Waals surface area contributed by atoms with E-state index < -0.39 is 0 Å². The highest BCUT2D eigenvalue weighted by Crippen LogP contribution is 2.14. The molecule has 0 radical (unpaired) electrons. The Morgan fingerprint density at radius 1 is 0.882 bits per heavy atom. The average molecular weight is 231 g/mol. The molecular weight excluding hydrogens is 217 g/mol. The molecule has 2 aromatic rings. The third-order valence-electron chi connectivity index (χ3n) is 2.44. The summed E-state index contributed by atoms with van der Waals surface area (Å²) < 4.78 is 17.5. The Kier molecular flexibility index (Phi) is 4.11. The van der Waals surface area contributed by atoms with E-state index in [-0.39, 0.29) is 6.54 Å². The van der Waals surface area contributed by atoms with E-state index in [2.05, 4.69) is 0 Å². The maximum absolute atomic E-state index is 11.9. The molecule has 0 fully saturated rings. The van der Waals surface area contributed by atoms with E-state index in [1.165, 1.54) is 0 Å². The maximum Gasteiger partial charge on any atom is 0.119 e. The summed E-state index contributed by atoms with van der Waals surface area (Å²) in [6.07, 6.45) is 0. The molecule has 0 unspecified atom stereocenters. The second-order valence-corrected chi connectivity index (χ2v) is 3.73. The van der Waals surface area contributed by atoms with Crippen molar-refractivity contribution in [2.45, 2.75) is 13.2 Å². The van der Waals surface area contributed by atoms with E-state index in [9.17, 15) is 4.48 Å². The van der Waals surface area contributed by atoms with Gasteiger partial charge in [0.1, 0.15) is 12.4 Å². The zero-order chi connectivity index (χ0) is 11.9. The molecule has 3 heteroatoms. The van der Waals surface area contributed by atoms with Gasteiger partial charge in [0.15, 0.2) is 0 Å². The molecular formula is C14H14FNO. The molecule has 1 N–H and O–H groups in total. The SMILES string of the molecule is FNCc1ccc(OCc2ccccc2)cc1. The summed E-state index contributed by atoms with van der Waals surface area (Å²) in [6.45, 7) is 0.764. The molecule has 88 valence electrons. The number of hydrogen-bond donors (Lipinski definition) is 1. The second kappa shape index (κ2) is 6.01. The molecule has 2 nitrogen and oxygen atoms in total. The Morgan fingerprint density at radius 2 is 1.59 bits per heavy atom. The van der Waals surface area contributed by atoms with Crippen molar-refractivity contribution in [3.8, 4) is 5.75 Å². The van der Waals surface area contributed by atoms with Crippen molar-refractivity contribution >= 4 is 0 Å². The molecule has 0 amide bonds. The Bertz CT molecular complexity index is 442. The van der Waals surface area contributed by atoms with Gasteiger partial charge in [-0.15, -0.1) is 4.48 Å². The van der Waals surface area contributed by atoms with Gasteiger partial charge < -0.3 is 4.74 Å². The predicted octanol–water partition coefficient (Wildman–Crippen LogP) is 3.24. The molecule has 0 saturated heterocycles. The van der Waals surface area contributed by atoms with Crippen molar-refractivity contribution < 1.29 is 9.22 Å². The van der Waals surface area contributed by atoms with Crippen LogP contribution in [0, 0.1) is 0 Å². The smallest absolute Gasteiger partial charge is 0.119 e. The van der Waals surface area contributed by atoms with Gasteiger partial charge in [0, 0.05) is 0 Å². The highest BCUT2D eigenvalue weighted by Gasteiger charge is 1.96. The van der Waals surface area contributed by atoms with E-state index in [4.69, 9.17) is 4.74 Å². The van der Waals surface area contributed by atoms with Crippen molar-refractivity contribution in [3.05, 3.63) is 65.7 Å². The van der Waals surface area contributed by atoms with E-state index in [1.807, 2.05) is 54.6 Å². The first kappa shape index (κ1) is 11.6. The third kappa shape index (κ3) is 3.57. The average Bonchev–Trinajstić information content (AvgIpc) is 2.40. The Hall–Kier alpha value is -1.87. The zero-order valence-electron chi connectivity index (χ0n) is 9.40. The predicted molar refractivity (Wildman–Crippen MR) is 65.2 cm³/mol. The quantitative estimate of drug-likeness (QED) is 0.798. The molecule has 0 aliphatic heterocycles. The number of halogens is 1. The van der Waals surface area contributed by atoms with Gasteiger partial charge in [-0.05, 0) is 23.3 Å². The van der Waals surface area contributed by atoms with Crippen molar-refractivity contribution in [1.29, 1.82) is 0 Å². The fourth-order valence-electron chi connectivity index (χ4n) is 1.52. The van der Waals surface area contributed by atoms with Gasteiger partial charge in [0.2, 0.25) is 0 Å². The van der Waals surface area contributed by atoms with Crippen LogP contribution < -0.4 is 10.3 Å². The molecule has 0 atom stereocenters. The van der Waals surface area contributed by atoms with Gasteiger partial charge in [-0.1, -0.05) is 42.5 Å². The summed E-state index contributed by atoms with van der Waals surface area (Å²) >= 11 is 0. The number of benzene rings is 2. The molecule has 0 aromatic heterocycles. The molecule has 2 rings (SSSR count). The maximum atomic E-state index is 11.9. The lowest BCUT2D eigenvalue weighted by Crippen LogP contribution is -2.00. The van der Waals surface area contributed by atoms with E-state index in [0.29, 0.717) is 6.61 Å². The van der Waals surface area contributed by atoms with Crippen molar-refractivity contribution in [3.63, 3.8) is 0 Å². The Morgan fingerprint density at radius 3 is 2.24 bits per heavy atom. The third-order valence-corrected chi connectivity index (χ3v) is 2.44. The van der Waals surface area contributed by atoms with Gasteiger partial charge >= 0.3 is 0 Å². The molecule has 2 aromatic carbocycles. The fraction of sp³-hybridized carbons (Fsp3) is 0.143. The van der Waals surface area contributed by atoms with Crippen LogP contribution in [0.5, 0.6) is 5.75 Å². The van der Waals surface area contributed by atoms with Crippen LogP contribution in [-0.2, 0) is 13.2 Å². The normalized spacial score (nSPS) is 10.2. The number of hydrogen-bond acceptors (Lipinski definition) is 2. The molecule has 0 aliphatic rings. The van der Waals surface area contributed by atoms with Gasteiger partial charge in [-0.3, -0.25) is 0 Å². The standard InChI is InChI=1S/C14H14FNO/c15-16-10-12-6-8-14(9-7-12)17-11-13-4-2-1-3-5-13/h1-9,16H,10-11H2. The van der Waals surface area contributed by atoms with Crippen LogP contribution in [0.1, 0.15) is 11.1 Å². The van der Waals surface area contributed by atoms with Gasteiger partial charge in [-0.2, -0.15) is 5.54 Å². The van der Waals surface area contributed by atoms with Crippen LogP contribution in [0.15, 0.2) is 54.6 Å². The Balaban J connectivity index is 1.91. The largest absolute Gasteiger partial charge is 0.489 e. The molecule has 0 spiro atoms. The summed E-state index contributed by atoms with van der Waals surface area (Å²) in [5, 5.41) is 0. The van der Waals surface area contributed by atoms with Crippen molar-refractivity contribution in [2.75, 3.05) is 0 Å². The summed E-state index contributed by atoms with van der Waals surface area (Å²) in [4.78, 5) is 0. The topological polar surface area (TPSA) is 21.3 Å². The number of nitrogens with one attached hydrogen (secondary N) is 1. The van der Waals surface area contributed by atoms with Crippen LogP contribution in [0.3, 0.4) is 0 Å². The highest BCUT2D eigenvalue weighted by atomic mass is 19.2. The van der Waals surface area contributed by atoms with Gasteiger partial charge in [0.05, 0.1) is 6.54 Å². The lowest BCUT2D eigenvalue weighted by molar-refractivity contribution is 0.305. The zero-order valence-corrected chi connectivity index (χ0v) is 9.40. The minimum atomic E-state index is 0.221. The van der Waals surface area contributed by atoms with E-state index >= 15 is 0 Å². The first-order valence-electron chi connectivity index (χ1n) is 5.47. The molecule has 0 heterocycles. The first-order chi connectivity index (χ1) is 8.38. The minimum absolute atomic E-state index is 0.221. The second-order valence-electron chi connectivity index (χ2n) is 3.73. The lowest BCUT2D eigenvalue weighted by Gasteiger charge is -2.06. The van der Waals surface area contributed by atoms with E-state index in [1.54, 1.807) is 5.54 Å². The van der Waals surface area contributed by atoms with Gasteiger partial charge in [-0.25, -0.2) is 0 Å². The van der Waals surface area contributed by atoms with Crippen LogP contribution in [0.4, 0.5) is 4.48 Å². The van der Waals surface area contributed by atoms with Crippen LogP contribution in [0.2, 0.25) is 0 Å². The molecule has 0 aliphatic carbocycles. The van der Waals surface area contributed by atoms with Crippen LogP contribution in [0.25, 0.3) is 0 Å². The van der Waals surface area contributed by atoms with E-state index in [0.717, 1.165) is 16.9 Å². The molecule has 0 saturated carbocycles. The monoisotopic (exact) mass is 231 g/mol. The molecule has 0 bridgehead atoms. The van der Waals surface area contributed by atoms with Crippen LogP contribution in [-0.4, -0.2) is 0 Å². The van der Waals surface area contributed by atoms with Crippen molar-refractivity contribution in [2.24, 2.45) is 0 Å². The summed E-state index contributed by atoms with van der Waals surface area (Å²) in [5.74, 6) is 0.788.